The molecule has 0 radical (unpaired) electrons. The minimum Gasteiger partial charge on any atom is -0.225 e. The summed E-state index contributed by atoms with van der Waals surface area (Å²) in [4.78, 5) is 41.2. The van der Waals surface area contributed by atoms with E-state index >= 15 is 0 Å². The fraction of sp³-hybridized carbons (Fsp3) is 0.193. The van der Waals surface area contributed by atoms with Crippen LogP contribution in [0.4, 0.5) is 0 Å². The molecule has 3 heterocycles. The third-order valence-electron chi connectivity index (χ3n) is 14.1. The molecule has 1 spiro atoms. The van der Waals surface area contributed by atoms with Crippen molar-refractivity contribution in [2.75, 3.05) is 0 Å². The van der Waals surface area contributed by atoms with Gasteiger partial charge in [0.2, 0.25) is 0 Å². The lowest BCUT2D eigenvalue weighted by Crippen LogP contribution is -2.49. The average molecular weight is 843 g/mol. The minimum absolute atomic E-state index is 0.0252. The van der Waals surface area contributed by atoms with Crippen LogP contribution in [0.1, 0.15) is 50.7 Å². The van der Waals surface area contributed by atoms with Crippen molar-refractivity contribution in [3.63, 3.8) is 0 Å². The van der Waals surface area contributed by atoms with Crippen LogP contribution in [0.2, 0.25) is 0 Å². The van der Waals surface area contributed by atoms with Crippen molar-refractivity contribution < 1.29 is 0 Å². The predicted octanol–water partition coefficient (Wildman–Crippen LogP) is 12.9. The number of benzene rings is 6. The van der Waals surface area contributed by atoms with E-state index in [0.717, 1.165) is 39.7 Å². The lowest BCUT2D eigenvalue weighted by Gasteiger charge is -2.54. The van der Waals surface area contributed by atoms with Gasteiger partial charge in [0.05, 0.1) is 0 Å². The first-order chi connectivity index (χ1) is 32.0. The minimum atomic E-state index is -0.0252. The third kappa shape index (κ3) is 6.83. The first-order valence-electron chi connectivity index (χ1n) is 22.9. The van der Waals surface area contributed by atoms with E-state index in [2.05, 4.69) is 56.3 Å². The van der Waals surface area contributed by atoms with Crippen LogP contribution < -0.4 is 0 Å². The first kappa shape index (κ1) is 39.0. The van der Waals surface area contributed by atoms with Gasteiger partial charge in [-0.15, -0.1) is 0 Å². The van der Waals surface area contributed by atoms with Gasteiger partial charge < -0.3 is 0 Å². The second-order valence-corrected chi connectivity index (χ2v) is 18.2. The summed E-state index contributed by atoms with van der Waals surface area (Å²) in [5, 5.41) is 0. The second kappa shape index (κ2) is 15.9. The Morgan fingerprint density at radius 2 is 0.785 bits per heavy atom. The van der Waals surface area contributed by atoms with Crippen molar-refractivity contribution >= 4 is 0 Å². The fourth-order valence-corrected chi connectivity index (χ4v) is 11.5. The summed E-state index contributed by atoms with van der Waals surface area (Å²) in [5.74, 6) is 6.24. The summed E-state index contributed by atoms with van der Waals surface area (Å²) in [7, 11) is 0. The Balaban J connectivity index is 1.08. The molecule has 12 rings (SSSR count). The van der Waals surface area contributed by atoms with Gasteiger partial charge in [-0.25, -0.2) is 39.9 Å². The van der Waals surface area contributed by atoms with Crippen molar-refractivity contribution in [3.05, 3.63) is 181 Å². The number of hydrogen-bond acceptors (Lipinski definition) is 8. The van der Waals surface area contributed by atoms with E-state index in [1.165, 1.54) is 47.9 Å². The molecule has 314 valence electrons. The number of hydrogen-bond donors (Lipinski definition) is 0. The van der Waals surface area contributed by atoms with Crippen LogP contribution in [0.25, 0.3) is 91.1 Å². The van der Waals surface area contributed by atoms with Gasteiger partial charge in [-0.3, -0.25) is 0 Å². The summed E-state index contributed by atoms with van der Waals surface area (Å²) in [6.45, 7) is 4.98. The van der Waals surface area contributed by atoms with Gasteiger partial charge in [0.25, 0.3) is 0 Å². The lowest BCUT2D eigenvalue weighted by molar-refractivity contribution is 0.0426. The average Bonchev–Trinajstić information content (AvgIpc) is 3.67. The zero-order valence-electron chi connectivity index (χ0n) is 36.4. The molecule has 0 aliphatic heterocycles. The van der Waals surface area contributed by atoms with Crippen LogP contribution >= 0.6 is 0 Å². The third-order valence-corrected chi connectivity index (χ3v) is 14.1. The maximum atomic E-state index is 5.36. The topological polar surface area (TPSA) is 103 Å². The molecule has 8 heteroatoms. The molecule has 9 aromatic rings. The predicted molar refractivity (Wildman–Crippen MR) is 257 cm³/mol. The highest BCUT2D eigenvalue weighted by Crippen LogP contribution is 2.64. The summed E-state index contributed by atoms with van der Waals surface area (Å²) >= 11 is 0. The molecular formula is C57H46N8. The Kier molecular flexibility index (Phi) is 9.55. The summed E-state index contributed by atoms with van der Waals surface area (Å²) in [5.41, 5.74) is 11.0. The van der Waals surface area contributed by atoms with E-state index in [0.29, 0.717) is 64.0 Å². The summed E-state index contributed by atoms with van der Waals surface area (Å²) in [6.07, 6.45) is 5.16. The normalized spacial score (nSPS) is 20.6. The molecule has 8 nitrogen and oxygen atoms in total. The summed E-state index contributed by atoms with van der Waals surface area (Å²) in [6, 6.07) is 58.1. The van der Waals surface area contributed by atoms with Gasteiger partial charge >= 0.3 is 0 Å². The molecule has 2 bridgehead atoms. The number of fused-ring (bicyclic) bond motifs is 8. The Bertz CT molecular complexity index is 2950. The standard InChI is InChI=1S/C57H46N8/c1-35-29-37-31-36(2)57(43(30-35)32-37)46-26-16-15-25-44(46)45-33-42(27-28-47(45)57)54-58-48(55-62-50(38-17-7-3-8-18-38)60-51(63-55)39-19-9-4-10-20-39)34-49(59-54)56-64-52(40-21-11-5-12-22-40)61-53(65-56)41-23-13-6-14-24-41/h3-28,33-37,43H,29-32H2,1-2H3. The molecule has 5 unspecified atom stereocenters. The van der Waals surface area contributed by atoms with Crippen molar-refractivity contribution in [2.45, 2.75) is 44.9 Å². The number of aromatic nitrogens is 8. The van der Waals surface area contributed by atoms with E-state index in [1.54, 1.807) is 0 Å². The summed E-state index contributed by atoms with van der Waals surface area (Å²) < 4.78 is 0. The smallest absolute Gasteiger partial charge is 0.182 e. The molecule has 2 fully saturated rings. The van der Waals surface area contributed by atoms with E-state index in [-0.39, 0.29) is 5.41 Å². The van der Waals surface area contributed by atoms with E-state index in [1.807, 2.05) is 127 Å². The highest BCUT2D eigenvalue weighted by atomic mass is 15.1. The van der Waals surface area contributed by atoms with Gasteiger partial charge in [-0.1, -0.05) is 172 Å². The molecule has 3 aromatic heterocycles. The SMILES string of the molecule is CC1CC2CC(C)C3(c4ccccc4-c4cc(-c5nc(-c6nc(-c7ccccc7)nc(-c7ccccc7)n6)cc(-c6nc(-c7ccccc7)nc(-c7ccccc7)n6)n5)ccc43)C(C1)C2. The van der Waals surface area contributed by atoms with Gasteiger partial charge in [0.1, 0.15) is 11.4 Å². The molecule has 3 aliphatic rings. The quantitative estimate of drug-likeness (QED) is 0.156. The molecular weight excluding hydrogens is 797 g/mol. The van der Waals surface area contributed by atoms with Crippen LogP contribution in [0.5, 0.6) is 0 Å². The zero-order valence-corrected chi connectivity index (χ0v) is 36.4. The van der Waals surface area contributed by atoms with Gasteiger partial charge in [-0.2, -0.15) is 0 Å². The Labute approximate surface area is 379 Å². The van der Waals surface area contributed by atoms with Crippen LogP contribution in [0.3, 0.4) is 0 Å². The molecule has 5 atom stereocenters. The van der Waals surface area contributed by atoms with E-state index in [9.17, 15) is 0 Å². The van der Waals surface area contributed by atoms with Crippen LogP contribution in [0, 0.1) is 23.7 Å². The first-order valence-corrected chi connectivity index (χ1v) is 22.9. The lowest BCUT2D eigenvalue weighted by atomic mass is 9.49. The zero-order chi connectivity index (χ0) is 43.5. The van der Waals surface area contributed by atoms with Crippen molar-refractivity contribution in [2.24, 2.45) is 23.7 Å². The van der Waals surface area contributed by atoms with E-state index < -0.39 is 0 Å². The van der Waals surface area contributed by atoms with Gasteiger partial charge in [0.15, 0.2) is 40.8 Å². The molecule has 0 N–H and O–H groups in total. The van der Waals surface area contributed by atoms with Crippen molar-refractivity contribution in [3.8, 4) is 91.1 Å². The fourth-order valence-electron chi connectivity index (χ4n) is 11.5. The molecule has 2 saturated carbocycles. The van der Waals surface area contributed by atoms with E-state index in [4.69, 9.17) is 39.9 Å². The monoisotopic (exact) mass is 842 g/mol. The van der Waals surface area contributed by atoms with Crippen LogP contribution in [-0.2, 0) is 5.41 Å². The number of nitrogens with zero attached hydrogens (tertiary/aromatic N) is 8. The van der Waals surface area contributed by atoms with Crippen LogP contribution in [-0.4, -0.2) is 39.9 Å². The molecule has 3 aliphatic carbocycles. The van der Waals surface area contributed by atoms with Crippen molar-refractivity contribution in [1.29, 1.82) is 0 Å². The largest absolute Gasteiger partial charge is 0.225 e. The maximum absolute atomic E-state index is 5.36. The Hall–Kier alpha value is -7.58. The Morgan fingerprint density at radius 1 is 0.354 bits per heavy atom. The molecule has 0 saturated heterocycles. The highest BCUT2D eigenvalue weighted by molar-refractivity contribution is 5.85. The maximum Gasteiger partial charge on any atom is 0.182 e. The Morgan fingerprint density at radius 3 is 1.29 bits per heavy atom. The van der Waals surface area contributed by atoms with Crippen LogP contribution in [0.15, 0.2) is 170 Å². The number of rotatable bonds is 7. The molecule has 6 aromatic carbocycles. The van der Waals surface area contributed by atoms with Gasteiger partial charge in [-0.05, 0) is 83.7 Å². The second-order valence-electron chi connectivity index (χ2n) is 18.2. The molecule has 0 amide bonds. The highest BCUT2D eigenvalue weighted by Gasteiger charge is 2.56. The van der Waals surface area contributed by atoms with Crippen molar-refractivity contribution in [1.82, 2.24) is 39.9 Å². The van der Waals surface area contributed by atoms with Gasteiger partial charge in [0, 0.05) is 33.2 Å². The molecule has 65 heavy (non-hydrogen) atoms.